The Bertz CT molecular complexity index is 890. The summed E-state index contributed by atoms with van der Waals surface area (Å²) in [5.41, 5.74) is 8.11. The molecule has 5 nitrogen and oxygen atoms in total. The average molecular weight is 421 g/mol. The molecule has 28 heavy (non-hydrogen) atoms. The molecule has 1 fully saturated rings. The first kappa shape index (κ1) is 19.4. The number of likely N-dealkylation sites (tertiary alicyclic amines) is 1. The highest BCUT2D eigenvalue weighted by Gasteiger charge is 2.35. The molecule has 1 amide bonds. The lowest BCUT2D eigenvalue weighted by Gasteiger charge is -2.38. The third-order valence-electron chi connectivity index (χ3n) is 5.54. The Morgan fingerprint density at radius 3 is 2.71 bits per heavy atom. The van der Waals surface area contributed by atoms with Crippen LogP contribution in [-0.4, -0.2) is 37.2 Å². The van der Waals surface area contributed by atoms with Gasteiger partial charge in [-0.25, -0.2) is 0 Å². The van der Waals surface area contributed by atoms with Gasteiger partial charge in [0.25, 0.3) is 0 Å². The summed E-state index contributed by atoms with van der Waals surface area (Å²) in [7, 11) is 0. The lowest BCUT2D eigenvalue weighted by atomic mass is 9.80. The van der Waals surface area contributed by atoms with E-state index in [-0.39, 0.29) is 24.5 Å². The number of nitrogens with zero attached hydrogens (tertiary/aromatic N) is 1. The van der Waals surface area contributed by atoms with Gasteiger partial charge in [0.2, 0.25) is 12.7 Å². The standard InChI is InChI=1S/C21H22Cl2N2O3/c22-15-2-3-16(18(23)8-15)17-9-21(26)25(11-14(17)10-24)6-5-13-1-4-19-20(7-13)28-12-27-19/h1-4,7-8,14,17H,5-6,9-12,24H2/t14-,17-/m0/s1. The summed E-state index contributed by atoms with van der Waals surface area (Å²) in [6.45, 7) is 2.03. The molecule has 148 valence electrons. The van der Waals surface area contributed by atoms with Crippen molar-refractivity contribution in [1.29, 1.82) is 0 Å². The Hall–Kier alpha value is -1.95. The molecule has 0 unspecified atom stereocenters. The van der Waals surface area contributed by atoms with E-state index in [9.17, 15) is 4.79 Å². The third-order valence-corrected chi connectivity index (χ3v) is 6.11. The number of nitrogens with two attached hydrogens (primary N) is 1. The van der Waals surface area contributed by atoms with Crippen LogP contribution in [0.2, 0.25) is 10.0 Å². The molecule has 2 aromatic rings. The number of hydrogen-bond donors (Lipinski definition) is 1. The molecule has 0 aromatic heterocycles. The highest BCUT2D eigenvalue weighted by molar-refractivity contribution is 6.35. The molecule has 2 atom stereocenters. The van der Waals surface area contributed by atoms with E-state index in [1.54, 1.807) is 6.07 Å². The Kier molecular flexibility index (Phi) is 5.67. The van der Waals surface area contributed by atoms with E-state index in [2.05, 4.69) is 0 Å². The Balaban J connectivity index is 1.44. The molecule has 2 aliphatic heterocycles. The van der Waals surface area contributed by atoms with Crippen molar-refractivity contribution in [2.45, 2.75) is 18.8 Å². The van der Waals surface area contributed by atoms with Gasteiger partial charge < -0.3 is 20.1 Å². The number of rotatable bonds is 5. The molecule has 4 rings (SSSR count). The average Bonchev–Trinajstić information content (AvgIpc) is 3.15. The van der Waals surface area contributed by atoms with Gasteiger partial charge in [-0.1, -0.05) is 35.3 Å². The maximum absolute atomic E-state index is 12.8. The quantitative estimate of drug-likeness (QED) is 0.797. The summed E-state index contributed by atoms with van der Waals surface area (Å²) in [4.78, 5) is 14.7. The van der Waals surface area contributed by atoms with E-state index in [0.29, 0.717) is 36.1 Å². The van der Waals surface area contributed by atoms with Gasteiger partial charge >= 0.3 is 0 Å². The monoisotopic (exact) mass is 420 g/mol. The van der Waals surface area contributed by atoms with Crippen molar-refractivity contribution in [3.05, 3.63) is 57.6 Å². The van der Waals surface area contributed by atoms with Crippen molar-refractivity contribution in [3.8, 4) is 11.5 Å². The Morgan fingerprint density at radius 2 is 1.93 bits per heavy atom. The minimum atomic E-state index is 0.0176. The highest BCUT2D eigenvalue weighted by atomic mass is 35.5. The molecule has 2 heterocycles. The van der Waals surface area contributed by atoms with Crippen LogP contribution in [0.4, 0.5) is 0 Å². The summed E-state index contributed by atoms with van der Waals surface area (Å²) < 4.78 is 10.8. The fourth-order valence-electron chi connectivity index (χ4n) is 3.98. The van der Waals surface area contributed by atoms with E-state index < -0.39 is 0 Å². The minimum Gasteiger partial charge on any atom is -0.454 e. The highest BCUT2D eigenvalue weighted by Crippen LogP contribution is 2.38. The molecule has 0 bridgehead atoms. The molecule has 0 saturated carbocycles. The summed E-state index contributed by atoms with van der Waals surface area (Å²) in [5, 5.41) is 1.18. The summed E-state index contributed by atoms with van der Waals surface area (Å²) in [6, 6.07) is 11.4. The van der Waals surface area contributed by atoms with Crippen molar-refractivity contribution in [2.24, 2.45) is 11.7 Å². The molecule has 1 saturated heterocycles. The van der Waals surface area contributed by atoms with Gasteiger partial charge in [-0.15, -0.1) is 0 Å². The van der Waals surface area contributed by atoms with Crippen molar-refractivity contribution < 1.29 is 14.3 Å². The number of carbonyl (C=O) groups is 1. The maximum Gasteiger partial charge on any atom is 0.231 e. The van der Waals surface area contributed by atoms with Gasteiger partial charge in [0.15, 0.2) is 11.5 Å². The lowest BCUT2D eigenvalue weighted by molar-refractivity contribution is -0.135. The van der Waals surface area contributed by atoms with Crippen LogP contribution in [0.1, 0.15) is 23.5 Å². The predicted octanol–water partition coefficient (Wildman–Crippen LogP) is 3.86. The van der Waals surface area contributed by atoms with Crippen molar-refractivity contribution in [3.63, 3.8) is 0 Å². The zero-order valence-corrected chi connectivity index (χ0v) is 16.9. The van der Waals surface area contributed by atoms with Crippen LogP contribution in [0.15, 0.2) is 36.4 Å². The predicted molar refractivity (Wildman–Crippen MR) is 109 cm³/mol. The molecular formula is C21H22Cl2N2O3. The molecule has 0 aliphatic carbocycles. The van der Waals surface area contributed by atoms with Gasteiger partial charge in [0.1, 0.15) is 0 Å². The first-order valence-electron chi connectivity index (χ1n) is 9.36. The first-order valence-corrected chi connectivity index (χ1v) is 10.1. The summed E-state index contributed by atoms with van der Waals surface area (Å²) in [5.74, 6) is 1.84. The van der Waals surface area contributed by atoms with Gasteiger partial charge in [-0.05, 0) is 60.2 Å². The SMILES string of the molecule is NC[C@H]1CN(CCc2ccc3c(c2)OCO3)C(=O)C[C@@H]1c1ccc(Cl)cc1Cl. The van der Waals surface area contributed by atoms with Crippen LogP contribution >= 0.6 is 23.2 Å². The summed E-state index contributed by atoms with van der Waals surface area (Å²) in [6.07, 6.45) is 1.16. The fourth-order valence-corrected chi connectivity index (χ4v) is 4.53. The molecule has 2 N–H and O–H groups in total. The molecule has 2 aromatic carbocycles. The van der Waals surface area contributed by atoms with Gasteiger partial charge in [0, 0.05) is 29.6 Å². The number of carbonyl (C=O) groups excluding carboxylic acids is 1. The van der Waals surface area contributed by atoms with Crippen molar-refractivity contribution >= 4 is 29.1 Å². The second-order valence-electron chi connectivity index (χ2n) is 7.25. The Labute approximate surface area is 174 Å². The van der Waals surface area contributed by atoms with Gasteiger partial charge in [-0.3, -0.25) is 4.79 Å². The van der Waals surface area contributed by atoms with E-state index in [0.717, 1.165) is 29.0 Å². The topological polar surface area (TPSA) is 64.8 Å². The Morgan fingerprint density at radius 1 is 1.11 bits per heavy atom. The molecule has 2 aliphatic rings. The van der Waals surface area contributed by atoms with Crippen molar-refractivity contribution in [1.82, 2.24) is 4.90 Å². The number of halogens is 2. The van der Waals surface area contributed by atoms with Crippen LogP contribution in [0.3, 0.4) is 0 Å². The van der Waals surface area contributed by atoms with Crippen molar-refractivity contribution in [2.75, 3.05) is 26.4 Å². The molecule has 0 radical (unpaired) electrons. The largest absolute Gasteiger partial charge is 0.454 e. The number of fused-ring (bicyclic) bond motifs is 1. The van der Waals surface area contributed by atoms with E-state index >= 15 is 0 Å². The second kappa shape index (κ2) is 8.19. The zero-order chi connectivity index (χ0) is 19.7. The number of hydrogen-bond acceptors (Lipinski definition) is 4. The summed E-state index contributed by atoms with van der Waals surface area (Å²) >= 11 is 12.4. The van der Waals surface area contributed by atoms with Crippen LogP contribution < -0.4 is 15.2 Å². The zero-order valence-electron chi connectivity index (χ0n) is 15.4. The minimum absolute atomic E-state index is 0.0176. The second-order valence-corrected chi connectivity index (χ2v) is 8.09. The molecular weight excluding hydrogens is 399 g/mol. The van der Waals surface area contributed by atoms with E-state index in [4.69, 9.17) is 38.4 Å². The lowest BCUT2D eigenvalue weighted by Crippen LogP contribution is -2.46. The third kappa shape index (κ3) is 3.93. The van der Waals surface area contributed by atoms with E-state index in [1.165, 1.54) is 0 Å². The van der Waals surface area contributed by atoms with Crippen LogP contribution in [0, 0.1) is 5.92 Å². The number of benzene rings is 2. The molecule has 7 heteroatoms. The van der Waals surface area contributed by atoms with Crippen LogP contribution in [0.5, 0.6) is 11.5 Å². The van der Waals surface area contributed by atoms with Gasteiger partial charge in [0.05, 0.1) is 0 Å². The van der Waals surface area contributed by atoms with E-state index in [1.807, 2.05) is 35.2 Å². The first-order chi connectivity index (χ1) is 13.5. The maximum atomic E-state index is 12.8. The number of piperidine rings is 1. The van der Waals surface area contributed by atoms with Crippen LogP contribution in [0.25, 0.3) is 0 Å². The number of amides is 1. The fraction of sp³-hybridized carbons (Fsp3) is 0.381. The normalized spacial score (nSPS) is 21.2. The van der Waals surface area contributed by atoms with Gasteiger partial charge in [-0.2, -0.15) is 0 Å². The number of ether oxygens (including phenoxy) is 2. The van der Waals surface area contributed by atoms with Crippen LogP contribution in [-0.2, 0) is 11.2 Å². The smallest absolute Gasteiger partial charge is 0.231 e. The molecule has 0 spiro atoms.